The van der Waals surface area contributed by atoms with E-state index >= 15 is 0 Å². The Morgan fingerprint density at radius 1 is 1.22 bits per heavy atom. The number of hydrogen-bond acceptors (Lipinski definition) is 2. The van der Waals surface area contributed by atoms with Crippen LogP contribution >= 0.6 is 0 Å². The normalized spacial score (nSPS) is 17.4. The van der Waals surface area contributed by atoms with Crippen LogP contribution < -0.4 is 5.32 Å². The Bertz CT molecular complexity index is 555. The van der Waals surface area contributed by atoms with E-state index in [9.17, 15) is 4.39 Å². The first-order valence-electron chi connectivity index (χ1n) is 6.41. The molecule has 0 saturated carbocycles. The Labute approximate surface area is 106 Å². The summed E-state index contributed by atoms with van der Waals surface area (Å²) >= 11 is 0. The largest absolute Gasteiger partial charge is 0.350 e. The molecular weight excluding hydrogens is 229 g/mol. The third-order valence-corrected chi connectivity index (χ3v) is 3.69. The maximum Gasteiger partial charge on any atom is 0.137 e. The van der Waals surface area contributed by atoms with Crippen molar-refractivity contribution in [1.82, 2.24) is 14.8 Å². The number of rotatable bonds is 2. The number of fused-ring (bicyclic) bond motifs is 1. The molecule has 1 fully saturated rings. The molecule has 1 aliphatic rings. The molecule has 0 spiro atoms. The van der Waals surface area contributed by atoms with Gasteiger partial charge in [-0.3, -0.25) is 4.90 Å². The summed E-state index contributed by atoms with van der Waals surface area (Å²) < 4.78 is 16.3. The van der Waals surface area contributed by atoms with E-state index in [1.54, 1.807) is 0 Å². The van der Waals surface area contributed by atoms with Gasteiger partial charge in [0, 0.05) is 56.9 Å². The van der Waals surface area contributed by atoms with Gasteiger partial charge in [0.1, 0.15) is 5.82 Å². The summed E-state index contributed by atoms with van der Waals surface area (Å²) in [6.45, 7) is 4.68. The molecule has 18 heavy (non-hydrogen) atoms. The Hall–Kier alpha value is -1.39. The molecule has 96 valence electrons. The third-order valence-electron chi connectivity index (χ3n) is 3.69. The van der Waals surface area contributed by atoms with Gasteiger partial charge in [-0.25, -0.2) is 4.39 Å². The number of nitrogens with one attached hydrogen (secondary N) is 1. The van der Waals surface area contributed by atoms with Crippen molar-refractivity contribution in [2.45, 2.75) is 6.54 Å². The van der Waals surface area contributed by atoms with Crippen LogP contribution in [-0.4, -0.2) is 35.6 Å². The van der Waals surface area contributed by atoms with Crippen LogP contribution in [0.3, 0.4) is 0 Å². The van der Waals surface area contributed by atoms with Gasteiger partial charge in [-0.2, -0.15) is 0 Å². The number of nitrogens with zero attached hydrogens (tertiary/aromatic N) is 2. The van der Waals surface area contributed by atoms with Crippen LogP contribution in [0.1, 0.15) is 5.56 Å². The molecule has 2 aromatic rings. The zero-order chi connectivity index (χ0) is 12.5. The SMILES string of the molecule is Cn1ccc2c(F)c(CN3CCNCC3)ccc21. The smallest absolute Gasteiger partial charge is 0.137 e. The van der Waals surface area contributed by atoms with Crippen molar-refractivity contribution in [3.63, 3.8) is 0 Å². The standard InChI is InChI=1S/C14H18FN3/c1-17-7-4-12-13(17)3-2-11(14(12)15)10-18-8-5-16-6-9-18/h2-4,7,16H,5-6,8-10H2,1H3. The second-order valence-corrected chi connectivity index (χ2v) is 4.92. The summed E-state index contributed by atoms with van der Waals surface area (Å²) in [6, 6.07) is 5.78. The van der Waals surface area contributed by atoms with E-state index in [2.05, 4.69) is 10.2 Å². The van der Waals surface area contributed by atoms with E-state index in [0.717, 1.165) is 42.6 Å². The fraction of sp³-hybridized carbons (Fsp3) is 0.429. The Kier molecular flexibility index (Phi) is 3.06. The first-order chi connectivity index (χ1) is 8.75. The number of aryl methyl sites for hydroxylation is 1. The zero-order valence-corrected chi connectivity index (χ0v) is 10.6. The monoisotopic (exact) mass is 247 g/mol. The maximum absolute atomic E-state index is 14.4. The van der Waals surface area contributed by atoms with Gasteiger partial charge >= 0.3 is 0 Å². The lowest BCUT2D eigenvalue weighted by atomic mass is 10.1. The minimum Gasteiger partial charge on any atom is -0.350 e. The van der Waals surface area contributed by atoms with Gasteiger partial charge in [0.15, 0.2) is 0 Å². The minimum atomic E-state index is -0.0633. The van der Waals surface area contributed by atoms with E-state index in [-0.39, 0.29) is 5.82 Å². The molecule has 0 bridgehead atoms. The van der Waals surface area contributed by atoms with Crippen LogP contribution in [-0.2, 0) is 13.6 Å². The molecule has 1 N–H and O–H groups in total. The Morgan fingerprint density at radius 3 is 2.78 bits per heavy atom. The number of hydrogen-bond donors (Lipinski definition) is 1. The van der Waals surface area contributed by atoms with Crippen molar-refractivity contribution in [3.8, 4) is 0 Å². The van der Waals surface area contributed by atoms with E-state index in [1.807, 2.05) is 36.0 Å². The third kappa shape index (κ3) is 2.02. The summed E-state index contributed by atoms with van der Waals surface area (Å²) in [5.41, 5.74) is 1.76. The van der Waals surface area contributed by atoms with Crippen LogP contribution in [0.15, 0.2) is 24.4 Å². The number of aromatic nitrogens is 1. The van der Waals surface area contributed by atoms with Gasteiger partial charge in [0.25, 0.3) is 0 Å². The van der Waals surface area contributed by atoms with Crippen molar-refractivity contribution in [2.24, 2.45) is 7.05 Å². The quantitative estimate of drug-likeness (QED) is 0.872. The van der Waals surface area contributed by atoms with Gasteiger partial charge < -0.3 is 9.88 Å². The molecule has 0 atom stereocenters. The van der Waals surface area contributed by atoms with E-state index in [1.165, 1.54) is 0 Å². The first kappa shape index (κ1) is 11.7. The maximum atomic E-state index is 14.4. The predicted octanol–water partition coefficient (Wildman–Crippen LogP) is 1.72. The van der Waals surface area contributed by atoms with Crippen LogP contribution in [0, 0.1) is 5.82 Å². The summed E-state index contributed by atoms with van der Waals surface area (Å²) in [5, 5.41) is 4.04. The predicted molar refractivity (Wildman–Crippen MR) is 71.0 cm³/mol. The highest BCUT2D eigenvalue weighted by Crippen LogP contribution is 2.22. The molecule has 1 aromatic carbocycles. The highest BCUT2D eigenvalue weighted by molar-refractivity contribution is 5.81. The lowest BCUT2D eigenvalue weighted by Crippen LogP contribution is -2.43. The van der Waals surface area contributed by atoms with Gasteiger partial charge in [-0.1, -0.05) is 6.07 Å². The fourth-order valence-electron chi connectivity index (χ4n) is 2.59. The second-order valence-electron chi connectivity index (χ2n) is 4.92. The summed E-state index contributed by atoms with van der Waals surface area (Å²) in [4.78, 5) is 2.30. The van der Waals surface area contributed by atoms with Gasteiger partial charge in [-0.05, 0) is 12.1 Å². The molecule has 1 aliphatic heterocycles. The molecule has 0 amide bonds. The highest BCUT2D eigenvalue weighted by Gasteiger charge is 2.14. The zero-order valence-electron chi connectivity index (χ0n) is 10.6. The number of halogens is 1. The van der Waals surface area contributed by atoms with Crippen molar-refractivity contribution in [1.29, 1.82) is 0 Å². The van der Waals surface area contributed by atoms with E-state index < -0.39 is 0 Å². The second kappa shape index (κ2) is 4.71. The van der Waals surface area contributed by atoms with Gasteiger partial charge in [-0.15, -0.1) is 0 Å². The van der Waals surface area contributed by atoms with Crippen LogP contribution in [0.25, 0.3) is 10.9 Å². The van der Waals surface area contributed by atoms with Gasteiger partial charge in [0.05, 0.1) is 5.52 Å². The molecule has 0 aliphatic carbocycles. The lowest BCUT2D eigenvalue weighted by Gasteiger charge is -2.27. The summed E-state index contributed by atoms with van der Waals surface area (Å²) in [5.74, 6) is -0.0633. The Balaban J connectivity index is 1.89. The minimum absolute atomic E-state index is 0.0633. The van der Waals surface area contributed by atoms with E-state index in [0.29, 0.717) is 6.54 Å². The molecule has 2 heterocycles. The van der Waals surface area contributed by atoms with Crippen molar-refractivity contribution in [3.05, 3.63) is 35.8 Å². The molecule has 0 radical (unpaired) electrons. The van der Waals surface area contributed by atoms with Crippen LogP contribution in [0.5, 0.6) is 0 Å². The van der Waals surface area contributed by atoms with E-state index in [4.69, 9.17) is 0 Å². The van der Waals surface area contributed by atoms with Crippen molar-refractivity contribution in [2.75, 3.05) is 26.2 Å². The molecule has 3 nitrogen and oxygen atoms in total. The van der Waals surface area contributed by atoms with Crippen LogP contribution in [0.4, 0.5) is 4.39 Å². The summed E-state index contributed by atoms with van der Waals surface area (Å²) in [7, 11) is 1.94. The molecule has 0 unspecified atom stereocenters. The topological polar surface area (TPSA) is 20.2 Å². The average Bonchev–Trinajstić information content (AvgIpc) is 2.77. The molecular formula is C14H18FN3. The molecule has 1 saturated heterocycles. The fourth-order valence-corrected chi connectivity index (χ4v) is 2.59. The summed E-state index contributed by atoms with van der Waals surface area (Å²) in [6.07, 6.45) is 1.91. The van der Waals surface area contributed by atoms with Crippen LogP contribution in [0.2, 0.25) is 0 Å². The van der Waals surface area contributed by atoms with Gasteiger partial charge in [0.2, 0.25) is 0 Å². The number of benzene rings is 1. The lowest BCUT2D eigenvalue weighted by molar-refractivity contribution is 0.230. The Morgan fingerprint density at radius 2 is 2.00 bits per heavy atom. The van der Waals surface area contributed by atoms with Crippen molar-refractivity contribution < 1.29 is 4.39 Å². The molecule has 3 rings (SSSR count). The average molecular weight is 247 g/mol. The van der Waals surface area contributed by atoms with Crippen molar-refractivity contribution >= 4 is 10.9 Å². The molecule has 1 aromatic heterocycles. The molecule has 4 heteroatoms. The highest BCUT2D eigenvalue weighted by atomic mass is 19.1. The number of piperazine rings is 1. The first-order valence-corrected chi connectivity index (χ1v) is 6.41.